The Labute approximate surface area is 221 Å². The molecular formula is C27H32ClN5O3S. The number of fused-ring (bicyclic) bond motifs is 1. The van der Waals surface area contributed by atoms with Gasteiger partial charge in [0.2, 0.25) is 5.95 Å². The lowest BCUT2D eigenvalue weighted by Crippen LogP contribution is -2.50. The van der Waals surface area contributed by atoms with Crippen LogP contribution in [0.2, 0.25) is 5.02 Å². The zero-order valence-electron chi connectivity index (χ0n) is 21.1. The number of hydrogen-bond acceptors (Lipinski definition) is 7. The number of pyridine rings is 1. The van der Waals surface area contributed by atoms with E-state index in [1.165, 1.54) is 0 Å². The Morgan fingerprint density at radius 2 is 1.92 bits per heavy atom. The lowest BCUT2D eigenvalue weighted by molar-refractivity contribution is 0.0901. The summed E-state index contributed by atoms with van der Waals surface area (Å²) in [6, 6.07) is 6.79. The van der Waals surface area contributed by atoms with E-state index in [4.69, 9.17) is 11.6 Å². The Morgan fingerprint density at radius 3 is 2.59 bits per heavy atom. The van der Waals surface area contributed by atoms with Gasteiger partial charge in [0.25, 0.3) is 5.56 Å². The smallest absolute Gasteiger partial charge is 0.271 e. The summed E-state index contributed by atoms with van der Waals surface area (Å²) in [7, 11) is -3.37. The third-order valence-electron chi connectivity index (χ3n) is 8.64. The van der Waals surface area contributed by atoms with Gasteiger partial charge in [0.15, 0.2) is 9.84 Å². The largest absolute Gasteiger partial charge is 0.324 e. The number of anilines is 2. The molecule has 0 bridgehead atoms. The van der Waals surface area contributed by atoms with Crippen molar-refractivity contribution in [3.63, 3.8) is 0 Å². The van der Waals surface area contributed by atoms with Gasteiger partial charge in [-0.2, -0.15) is 4.98 Å². The average Bonchev–Trinajstić information content (AvgIpc) is 3.70. The predicted octanol–water partition coefficient (Wildman–Crippen LogP) is 4.77. The second-order valence-corrected chi connectivity index (χ2v) is 13.8. The van der Waals surface area contributed by atoms with Crippen molar-refractivity contribution < 1.29 is 8.42 Å². The van der Waals surface area contributed by atoms with Gasteiger partial charge in [-0.05, 0) is 107 Å². The van der Waals surface area contributed by atoms with E-state index in [9.17, 15) is 13.2 Å². The quantitative estimate of drug-likeness (QED) is 0.463. The van der Waals surface area contributed by atoms with Crippen LogP contribution in [0.5, 0.6) is 0 Å². The first-order valence-electron chi connectivity index (χ1n) is 13.1. The van der Waals surface area contributed by atoms with Crippen LogP contribution in [-0.4, -0.2) is 41.3 Å². The molecule has 1 spiro atoms. The molecule has 8 nitrogen and oxygen atoms in total. The molecule has 196 valence electrons. The number of sulfone groups is 1. The van der Waals surface area contributed by atoms with Gasteiger partial charge in [0.05, 0.1) is 10.1 Å². The summed E-state index contributed by atoms with van der Waals surface area (Å²) in [5, 5.41) is 7.15. The predicted molar refractivity (Wildman–Crippen MR) is 145 cm³/mol. The monoisotopic (exact) mass is 541 g/mol. The van der Waals surface area contributed by atoms with Crippen molar-refractivity contribution in [2.75, 3.05) is 18.4 Å². The van der Waals surface area contributed by atoms with Crippen LogP contribution in [0.4, 0.5) is 11.6 Å². The summed E-state index contributed by atoms with van der Waals surface area (Å²) < 4.78 is 28.3. The molecule has 2 N–H and O–H groups in total. The first-order valence-corrected chi connectivity index (χ1v) is 15.0. The minimum Gasteiger partial charge on any atom is -0.324 e. The number of hydrogen-bond donors (Lipinski definition) is 2. The summed E-state index contributed by atoms with van der Waals surface area (Å²) >= 11 is 6.23. The Morgan fingerprint density at radius 1 is 1.19 bits per heavy atom. The Kier molecular flexibility index (Phi) is 6.08. The minimum atomic E-state index is -3.37. The number of benzene rings is 1. The van der Waals surface area contributed by atoms with E-state index in [-0.39, 0.29) is 27.3 Å². The molecule has 1 aromatic carbocycles. The van der Waals surface area contributed by atoms with E-state index in [0.717, 1.165) is 62.9 Å². The van der Waals surface area contributed by atoms with E-state index in [1.807, 2.05) is 13.8 Å². The highest BCUT2D eigenvalue weighted by Gasteiger charge is 2.50. The number of nitrogens with zero attached hydrogens (tertiary/aromatic N) is 3. The van der Waals surface area contributed by atoms with Crippen LogP contribution in [0.3, 0.4) is 0 Å². The fraction of sp³-hybridized carbons (Fsp3) is 0.519. The number of nitrogens with one attached hydrogen (secondary N) is 2. The molecule has 0 amide bonds. The van der Waals surface area contributed by atoms with Crippen molar-refractivity contribution in [2.24, 2.45) is 11.3 Å². The second-order valence-electron chi connectivity index (χ2n) is 11.1. The maximum absolute atomic E-state index is 13.3. The summed E-state index contributed by atoms with van der Waals surface area (Å²) in [6.45, 7) is 5.86. The molecule has 0 radical (unpaired) electrons. The first kappa shape index (κ1) is 24.8. The molecule has 1 saturated heterocycles. The molecule has 10 heteroatoms. The maximum Gasteiger partial charge on any atom is 0.271 e. The highest BCUT2D eigenvalue weighted by atomic mass is 35.5. The van der Waals surface area contributed by atoms with E-state index in [0.29, 0.717) is 27.8 Å². The maximum atomic E-state index is 13.3. The van der Waals surface area contributed by atoms with Gasteiger partial charge in [-0.25, -0.2) is 13.4 Å². The lowest BCUT2D eigenvalue weighted by Gasteiger charge is -2.49. The van der Waals surface area contributed by atoms with Crippen LogP contribution >= 0.6 is 11.6 Å². The standard InChI is InChI=1S/C27H32ClN5O3S/c1-16-11-20(37(35,36)21-13-27(14-21)7-9-29-10-8-27)5-6-23(16)31-26-30-15-19-12-22(28)25(34)33(24(19)32-26)17(2)18-3-4-18/h5-6,11-12,15,17-18,21,29H,3-4,7-10,13-14H2,1-2H3,(H,30,31,32). The molecule has 3 heterocycles. The van der Waals surface area contributed by atoms with Crippen molar-refractivity contribution in [1.29, 1.82) is 0 Å². The zero-order valence-corrected chi connectivity index (χ0v) is 22.7. The molecule has 6 rings (SSSR count). The summed E-state index contributed by atoms with van der Waals surface area (Å²) in [5.74, 6) is 0.791. The number of piperidine rings is 1. The number of aryl methyl sites for hydroxylation is 1. The van der Waals surface area contributed by atoms with Crippen molar-refractivity contribution >= 4 is 44.1 Å². The minimum absolute atomic E-state index is 0.00167. The van der Waals surface area contributed by atoms with Gasteiger partial charge >= 0.3 is 0 Å². The van der Waals surface area contributed by atoms with Crippen LogP contribution in [0.15, 0.2) is 40.2 Å². The molecule has 1 unspecified atom stereocenters. The topological polar surface area (TPSA) is 106 Å². The molecule has 3 aromatic rings. The normalized spacial score (nSPS) is 20.6. The van der Waals surface area contributed by atoms with Gasteiger partial charge in [-0.15, -0.1) is 0 Å². The first-order chi connectivity index (χ1) is 17.7. The van der Waals surface area contributed by atoms with Crippen molar-refractivity contribution in [2.45, 2.75) is 68.6 Å². The average molecular weight is 542 g/mol. The molecule has 2 aromatic heterocycles. The van der Waals surface area contributed by atoms with E-state index >= 15 is 0 Å². The van der Waals surface area contributed by atoms with Gasteiger partial charge in [0, 0.05) is 23.3 Å². The van der Waals surface area contributed by atoms with Crippen molar-refractivity contribution in [3.05, 3.63) is 51.4 Å². The molecule has 1 aliphatic heterocycles. The van der Waals surface area contributed by atoms with Crippen molar-refractivity contribution in [3.8, 4) is 0 Å². The zero-order chi connectivity index (χ0) is 25.9. The molecule has 3 fully saturated rings. The molecule has 1 atom stereocenters. The fourth-order valence-electron chi connectivity index (χ4n) is 6.07. The summed E-state index contributed by atoms with van der Waals surface area (Å²) in [5.41, 5.74) is 2.01. The van der Waals surface area contributed by atoms with Crippen molar-refractivity contribution in [1.82, 2.24) is 19.9 Å². The Balaban J connectivity index is 1.25. The molecule has 2 aliphatic carbocycles. The number of rotatable bonds is 6. The van der Waals surface area contributed by atoms with E-state index in [2.05, 4.69) is 20.6 Å². The number of halogens is 1. The molecular weight excluding hydrogens is 510 g/mol. The Bertz CT molecular complexity index is 1540. The highest BCUT2D eigenvalue weighted by Crippen LogP contribution is 2.51. The van der Waals surface area contributed by atoms with Crippen LogP contribution in [0, 0.1) is 18.3 Å². The SMILES string of the molecule is Cc1cc(S(=O)(=O)C2CC3(CCNCC3)C2)ccc1Nc1ncc2cc(Cl)c(=O)n(C(C)C3CC3)c2n1. The van der Waals surface area contributed by atoms with E-state index in [1.54, 1.807) is 35.0 Å². The molecule has 3 aliphatic rings. The lowest BCUT2D eigenvalue weighted by atomic mass is 9.63. The summed E-state index contributed by atoms with van der Waals surface area (Å²) in [6.07, 6.45) is 7.47. The second kappa shape index (κ2) is 9.06. The Hall–Kier alpha value is -2.49. The van der Waals surface area contributed by atoms with Crippen LogP contribution in [0.25, 0.3) is 11.0 Å². The van der Waals surface area contributed by atoms with E-state index < -0.39 is 9.84 Å². The van der Waals surface area contributed by atoms with Gasteiger partial charge < -0.3 is 10.6 Å². The summed E-state index contributed by atoms with van der Waals surface area (Å²) in [4.78, 5) is 22.4. The third kappa shape index (κ3) is 4.45. The third-order valence-corrected chi connectivity index (χ3v) is 11.0. The molecule has 37 heavy (non-hydrogen) atoms. The van der Waals surface area contributed by atoms with Gasteiger partial charge in [0.1, 0.15) is 10.7 Å². The van der Waals surface area contributed by atoms with Crippen LogP contribution in [0.1, 0.15) is 57.1 Å². The number of aromatic nitrogens is 3. The van der Waals surface area contributed by atoms with Gasteiger partial charge in [-0.1, -0.05) is 11.6 Å². The van der Waals surface area contributed by atoms with Crippen LogP contribution < -0.4 is 16.2 Å². The molecule has 2 saturated carbocycles. The van der Waals surface area contributed by atoms with Gasteiger partial charge in [-0.3, -0.25) is 9.36 Å². The highest BCUT2D eigenvalue weighted by molar-refractivity contribution is 7.92. The van der Waals surface area contributed by atoms with Crippen LogP contribution in [-0.2, 0) is 9.84 Å². The fourth-order valence-corrected chi connectivity index (χ4v) is 8.41.